The molecule has 0 fully saturated rings. The Labute approximate surface area is 92.3 Å². The maximum absolute atomic E-state index is 12.6. The first kappa shape index (κ1) is 12.2. The topological polar surface area (TPSA) is 58.9 Å². The molecule has 4 nitrogen and oxygen atoms in total. The van der Waals surface area contributed by atoms with Gasteiger partial charge in [-0.05, 0) is 24.6 Å². The van der Waals surface area contributed by atoms with E-state index in [9.17, 15) is 9.18 Å². The second kappa shape index (κ2) is 5.85. The largest absolute Gasteiger partial charge is 0.479 e. The maximum atomic E-state index is 12.6. The highest BCUT2D eigenvalue weighted by Gasteiger charge is 1.99. The first-order valence-corrected chi connectivity index (χ1v) is 4.69. The lowest BCUT2D eigenvalue weighted by atomic mass is 10.1. The van der Waals surface area contributed by atoms with Crippen molar-refractivity contribution in [3.8, 4) is 0 Å². The maximum Gasteiger partial charge on any atom is 0.344 e. The van der Waals surface area contributed by atoms with Crippen molar-refractivity contribution in [2.45, 2.75) is 13.3 Å². The fourth-order valence-corrected chi connectivity index (χ4v) is 1.13. The zero-order valence-corrected chi connectivity index (χ0v) is 8.81. The van der Waals surface area contributed by atoms with Crippen LogP contribution in [0.1, 0.15) is 12.5 Å². The Hall–Kier alpha value is -1.91. The molecule has 0 amide bonds. The monoisotopic (exact) mass is 225 g/mol. The van der Waals surface area contributed by atoms with Crippen molar-refractivity contribution >= 4 is 11.7 Å². The molecule has 0 unspecified atom stereocenters. The van der Waals surface area contributed by atoms with E-state index in [2.05, 4.69) is 9.99 Å². The minimum Gasteiger partial charge on any atom is -0.479 e. The number of oxime groups is 1. The van der Waals surface area contributed by atoms with Gasteiger partial charge < -0.3 is 9.94 Å². The van der Waals surface area contributed by atoms with Gasteiger partial charge in [0.05, 0.1) is 5.71 Å². The minimum absolute atomic E-state index is 0.291. The minimum atomic E-state index is -1.07. The Morgan fingerprint density at radius 1 is 1.44 bits per heavy atom. The quantitative estimate of drug-likeness (QED) is 0.614. The van der Waals surface area contributed by atoms with Gasteiger partial charge in [-0.1, -0.05) is 17.3 Å². The molecule has 0 atom stereocenters. The summed E-state index contributed by atoms with van der Waals surface area (Å²) in [6.07, 6.45) is 0.500. The van der Waals surface area contributed by atoms with Gasteiger partial charge in [0.1, 0.15) is 5.82 Å². The third kappa shape index (κ3) is 4.54. The molecule has 0 aliphatic heterocycles. The molecular weight excluding hydrogens is 213 g/mol. The van der Waals surface area contributed by atoms with Gasteiger partial charge in [0.2, 0.25) is 6.61 Å². The second-order valence-corrected chi connectivity index (χ2v) is 3.30. The van der Waals surface area contributed by atoms with Crippen LogP contribution in [0.15, 0.2) is 29.4 Å². The van der Waals surface area contributed by atoms with Crippen molar-refractivity contribution in [2.24, 2.45) is 5.16 Å². The van der Waals surface area contributed by atoms with Crippen molar-refractivity contribution in [2.75, 3.05) is 6.61 Å². The van der Waals surface area contributed by atoms with Gasteiger partial charge in [-0.3, -0.25) is 0 Å². The molecule has 1 aromatic carbocycles. The Morgan fingerprint density at radius 3 is 2.62 bits per heavy atom. The number of carboxylic acid groups (broad SMARTS) is 1. The third-order valence-corrected chi connectivity index (χ3v) is 1.78. The van der Waals surface area contributed by atoms with E-state index in [0.717, 1.165) is 5.56 Å². The van der Waals surface area contributed by atoms with Crippen molar-refractivity contribution in [1.29, 1.82) is 0 Å². The van der Waals surface area contributed by atoms with E-state index in [0.29, 0.717) is 12.1 Å². The van der Waals surface area contributed by atoms with Crippen LogP contribution in [-0.4, -0.2) is 23.4 Å². The summed E-state index contributed by atoms with van der Waals surface area (Å²) < 4.78 is 12.6. The van der Waals surface area contributed by atoms with E-state index in [1.807, 2.05) is 0 Å². The molecule has 5 heteroatoms. The zero-order chi connectivity index (χ0) is 12.0. The molecule has 16 heavy (non-hydrogen) atoms. The molecule has 1 rings (SSSR count). The SMILES string of the molecule is C/C(Cc1ccc(F)cc1)=N/OCC(=O)O. The first-order valence-electron chi connectivity index (χ1n) is 4.69. The van der Waals surface area contributed by atoms with Crippen LogP contribution in [0, 0.1) is 5.82 Å². The van der Waals surface area contributed by atoms with E-state index in [1.54, 1.807) is 19.1 Å². The molecule has 0 radical (unpaired) electrons. The van der Waals surface area contributed by atoms with Crippen molar-refractivity contribution < 1.29 is 19.1 Å². The molecule has 0 spiro atoms. The lowest BCUT2D eigenvalue weighted by Crippen LogP contribution is -2.06. The van der Waals surface area contributed by atoms with Gasteiger partial charge in [-0.15, -0.1) is 0 Å². The lowest BCUT2D eigenvalue weighted by molar-refractivity contribution is -0.142. The number of benzene rings is 1. The smallest absolute Gasteiger partial charge is 0.344 e. The molecule has 0 bridgehead atoms. The van der Waals surface area contributed by atoms with E-state index in [-0.39, 0.29) is 5.82 Å². The Kier molecular flexibility index (Phi) is 4.44. The van der Waals surface area contributed by atoms with Crippen LogP contribution >= 0.6 is 0 Å². The fraction of sp³-hybridized carbons (Fsp3) is 0.273. The molecule has 86 valence electrons. The standard InChI is InChI=1S/C11H12FNO3/c1-8(13-16-7-11(14)15)6-9-2-4-10(12)5-3-9/h2-5H,6-7H2,1H3,(H,14,15)/b13-8-. The number of halogens is 1. The predicted octanol–water partition coefficient (Wildman–Crippen LogP) is 1.85. The molecule has 0 aromatic heterocycles. The van der Waals surface area contributed by atoms with Crippen LogP contribution in [0.2, 0.25) is 0 Å². The average molecular weight is 225 g/mol. The molecule has 0 aliphatic rings. The van der Waals surface area contributed by atoms with Gasteiger partial charge in [0.25, 0.3) is 0 Å². The molecular formula is C11H12FNO3. The Morgan fingerprint density at radius 2 is 2.06 bits per heavy atom. The first-order chi connectivity index (χ1) is 7.58. The fourth-order valence-electron chi connectivity index (χ4n) is 1.13. The summed E-state index contributed by atoms with van der Waals surface area (Å²) in [5.74, 6) is -1.36. The third-order valence-electron chi connectivity index (χ3n) is 1.78. The van der Waals surface area contributed by atoms with Crippen LogP contribution in [0.4, 0.5) is 4.39 Å². The van der Waals surface area contributed by atoms with E-state index < -0.39 is 12.6 Å². The summed E-state index contributed by atoms with van der Waals surface area (Å²) in [6.45, 7) is 1.26. The number of hydrogen-bond donors (Lipinski definition) is 1. The number of nitrogens with zero attached hydrogens (tertiary/aromatic N) is 1. The number of carboxylic acids is 1. The molecule has 0 saturated heterocycles. The number of hydrogen-bond acceptors (Lipinski definition) is 3. The van der Waals surface area contributed by atoms with Crippen LogP contribution in [0.25, 0.3) is 0 Å². The highest BCUT2D eigenvalue weighted by Crippen LogP contribution is 2.04. The lowest BCUT2D eigenvalue weighted by Gasteiger charge is -2.01. The highest BCUT2D eigenvalue weighted by molar-refractivity contribution is 5.83. The predicted molar refractivity (Wildman–Crippen MR) is 56.8 cm³/mol. The highest BCUT2D eigenvalue weighted by atomic mass is 19.1. The van der Waals surface area contributed by atoms with Crippen LogP contribution in [-0.2, 0) is 16.1 Å². The summed E-state index contributed by atoms with van der Waals surface area (Å²) in [6, 6.07) is 6.01. The molecule has 0 saturated carbocycles. The van der Waals surface area contributed by atoms with Crippen molar-refractivity contribution in [1.82, 2.24) is 0 Å². The Balaban J connectivity index is 2.47. The van der Waals surface area contributed by atoms with E-state index >= 15 is 0 Å². The number of carbonyl (C=O) groups is 1. The van der Waals surface area contributed by atoms with Crippen molar-refractivity contribution in [3.63, 3.8) is 0 Å². The molecule has 1 aromatic rings. The number of aliphatic carboxylic acids is 1. The van der Waals surface area contributed by atoms with Gasteiger partial charge >= 0.3 is 5.97 Å². The van der Waals surface area contributed by atoms with Gasteiger partial charge in [-0.25, -0.2) is 9.18 Å². The van der Waals surface area contributed by atoms with Crippen molar-refractivity contribution in [3.05, 3.63) is 35.6 Å². The van der Waals surface area contributed by atoms with Crippen LogP contribution < -0.4 is 0 Å². The summed E-state index contributed by atoms with van der Waals surface area (Å²) in [5, 5.41) is 11.9. The average Bonchev–Trinajstić information content (AvgIpc) is 2.21. The van der Waals surface area contributed by atoms with E-state index in [1.165, 1.54) is 12.1 Å². The van der Waals surface area contributed by atoms with E-state index in [4.69, 9.17) is 5.11 Å². The normalized spacial score (nSPS) is 11.2. The number of rotatable bonds is 5. The molecule has 0 aliphatic carbocycles. The summed E-state index contributed by atoms with van der Waals surface area (Å²) >= 11 is 0. The summed E-state index contributed by atoms with van der Waals surface area (Å²) in [7, 11) is 0. The van der Waals surface area contributed by atoms with Gasteiger partial charge in [0.15, 0.2) is 0 Å². The van der Waals surface area contributed by atoms with Gasteiger partial charge in [0, 0.05) is 6.42 Å². The van der Waals surface area contributed by atoms with Gasteiger partial charge in [-0.2, -0.15) is 0 Å². The molecule has 0 heterocycles. The summed E-state index contributed by atoms with van der Waals surface area (Å²) in [5.41, 5.74) is 1.52. The van der Waals surface area contributed by atoms with Crippen LogP contribution in [0.3, 0.4) is 0 Å². The molecule has 1 N–H and O–H groups in total. The zero-order valence-electron chi connectivity index (χ0n) is 8.81. The van der Waals surface area contributed by atoms with Crippen LogP contribution in [0.5, 0.6) is 0 Å². The Bertz CT molecular complexity index is 387. The second-order valence-electron chi connectivity index (χ2n) is 3.30. The summed E-state index contributed by atoms with van der Waals surface area (Å²) in [4.78, 5) is 14.7.